The highest BCUT2D eigenvalue weighted by molar-refractivity contribution is 6.31. The van der Waals surface area contributed by atoms with Crippen molar-refractivity contribution >= 4 is 28.2 Å². The maximum absolute atomic E-state index is 9.42. The molecule has 2 heterocycles. The van der Waals surface area contributed by atoms with Crippen molar-refractivity contribution in [3.05, 3.63) is 35.0 Å². The van der Waals surface area contributed by atoms with Gasteiger partial charge in [0, 0.05) is 36.8 Å². The summed E-state index contributed by atoms with van der Waals surface area (Å²) < 4.78 is 5.49. The van der Waals surface area contributed by atoms with Gasteiger partial charge in [0.15, 0.2) is 0 Å². The second kappa shape index (κ2) is 5.88. The SMILES string of the molecule is COC1CCCN(c2c(C#N)cnc3ccc(Cl)cc23)C1. The van der Waals surface area contributed by atoms with Crippen LogP contribution in [0.3, 0.4) is 0 Å². The predicted octanol–water partition coefficient (Wildman–Crippen LogP) is 3.38. The molecule has 0 aliphatic carbocycles. The van der Waals surface area contributed by atoms with Crippen LogP contribution < -0.4 is 4.90 Å². The van der Waals surface area contributed by atoms with Crippen LogP contribution in [0.25, 0.3) is 10.9 Å². The molecule has 1 aromatic heterocycles. The number of hydrogen-bond acceptors (Lipinski definition) is 4. The number of ether oxygens (including phenoxy) is 1. The molecule has 1 fully saturated rings. The Bertz CT molecular complexity index is 710. The molecule has 3 rings (SSSR count). The molecule has 2 aromatic rings. The van der Waals surface area contributed by atoms with Gasteiger partial charge in [-0.3, -0.25) is 4.98 Å². The highest BCUT2D eigenvalue weighted by Crippen LogP contribution is 2.33. The van der Waals surface area contributed by atoms with Gasteiger partial charge in [0.2, 0.25) is 0 Å². The molecule has 1 aromatic carbocycles. The molecule has 0 spiro atoms. The fraction of sp³-hybridized carbons (Fsp3) is 0.375. The number of nitriles is 1. The summed E-state index contributed by atoms with van der Waals surface area (Å²) in [7, 11) is 1.74. The van der Waals surface area contributed by atoms with Crippen molar-refractivity contribution in [2.45, 2.75) is 18.9 Å². The van der Waals surface area contributed by atoms with Crippen LogP contribution in [0.5, 0.6) is 0 Å². The quantitative estimate of drug-likeness (QED) is 0.853. The number of hydrogen-bond donors (Lipinski definition) is 0. The lowest BCUT2D eigenvalue weighted by atomic mass is 10.0. The molecule has 0 saturated carbocycles. The monoisotopic (exact) mass is 301 g/mol. The Hall–Kier alpha value is -1.83. The van der Waals surface area contributed by atoms with Gasteiger partial charge in [-0.25, -0.2) is 0 Å². The van der Waals surface area contributed by atoms with Crippen molar-refractivity contribution in [2.24, 2.45) is 0 Å². The summed E-state index contributed by atoms with van der Waals surface area (Å²) in [5.74, 6) is 0. The van der Waals surface area contributed by atoms with E-state index in [1.807, 2.05) is 18.2 Å². The van der Waals surface area contributed by atoms with Crippen LogP contribution in [0.4, 0.5) is 5.69 Å². The summed E-state index contributed by atoms with van der Waals surface area (Å²) in [5, 5.41) is 11.0. The standard InChI is InChI=1S/C16H16ClN3O/c1-21-13-3-2-6-20(10-13)16-11(8-18)9-19-15-5-4-12(17)7-14(15)16/h4-5,7,9,13H,2-3,6,10H2,1H3. The van der Waals surface area contributed by atoms with Gasteiger partial charge in [-0.1, -0.05) is 11.6 Å². The molecule has 5 heteroatoms. The van der Waals surface area contributed by atoms with Crippen LogP contribution in [0, 0.1) is 11.3 Å². The minimum absolute atomic E-state index is 0.202. The average Bonchev–Trinajstić information content (AvgIpc) is 2.53. The van der Waals surface area contributed by atoms with Crippen molar-refractivity contribution < 1.29 is 4.74 Å². The van der Waals surface area contributed by atoms with Gasteiger partial charge in [0.05, 0.1) is 22.9 Å². The van der Waals surface area contributed by atoms with Gasteiger partial charge in [0.25, 0.3) is 0 Å². The van der Waals surface area contributed by atoms with Gasteiger partial charge in [-0.15, -0.1) is 0 Å². The number of rotatable bonds is 2. The molecule has 21 heavy (non-hydrogen) atoms. The highest BCUT2D eigenvalue weighted by Gasteiger charge is 2.23. The van der Waals surface area contributed by atoms with Gasteiger partial charge in [0.1, 0.15) is 6.07 Å². The Morgan fingerprint density at radius 2 is 2.33 bits per heavy atom. The van der Waals surface area contributed by atoms with E-state index in [-0.39, 0.29) is 6.10 Å². The molecular weight excluding hydrogens is 286 g/mol. The third kappa shape index (κ3) is 2.67. The minimum atomic E-state index is 0.202. The van der Waals surface area contributed by atoms with E-state index in [1.165, 1.54) is 0 Å². The number of anilines is 1. The molecule has 1 saturated heterocycles. The molecular formula is C16H16ClN3O. The van der Waals surface area contributed by atoms with Crippen molar-refractivity contribution in [3.8, 4) is 6.07 Å². The van der Waals surface area contributed by atoms with E-state index < -0.39 is 0 Å². The fourth-order valence-corrected chi connectivity index (χ4v) is 3.08. The van der Waals surface area contributed by atoms with E-state index in [0.29, 0.717) is 10.6 Å². The minimum Gasteiger partial charge on any atom is -0.380 e. The summed E-state index contributed by atoms with van der Waals surface area (Å²) in [6.45, 7) is 1.71. The highest BCUT2D eigenvalue weighted by atomic mass is 35.5. The second-order valence-corrected chi connectivity index (χ2v) is 5.68. The summed E-state index contributed by atoms with van der Waals surface area (Å²) in [6.07, 6.45) is 3.95. The first-order valence-corrected chi connectivity index (χ1v) is 7.37. The van der Waals surface area contributed by atoms with Crippen LogP contribution in [0.1, 0.15) is 18.4 Å². The zero-order chi connectivity index (χ0) is 14.8. The Morgan fingerprint density at radius 1 is 1.48 bits per heavy atom. The van der Waals surface area contributed by atoms with E-state index in [0.717, 1.165) is 42.5 Å². The number of methoxy groups -OCH3 is 1. The third-order valence-corrected chi connectivity index (χ3v) is 4.18. The van der Waals surface area contributed by atoms with E-state index >= 15 is 0 Å². The van der Waals surface area contributed by atoms with Gasteiger partial charge in [-0.2, -0.15) is 5.26 Å². The molecule has 1 aliphatic heterocycles. The summed E-state index contributed by atoms with van der Waals surface area (Å²) in [5.41, 5.74) is 2.36. The number of halogens is 1. The zero-order valence-electron chi connectivity index (χ0n) is 11.8. The number of fused-ring (bicyclic) bond motifs is 1. The van der Waals surface area contributed by atoms with E-state index in [1.54, 1.807) is 13.3 Å². The van der Waals surface area contributed by atoms with Crippen LogP contribution in [0.2, 0.25) is 5.02 Å². The van der Waals surface area contributed by atoms with Crippen molar-refractivity contribution in [2.75, 3.05) is 25.1 Å². The van der Waals surface area contributed by atoms with E-state index in [4.69, 9.17) is 16.3 Å². The molecule has 4 nitrogen and oxygen atoms in total. The lowest BCUT2D eigenvalue weighted by Crippen LogP contribution is -2.39. The molecule has 0 N–H and O–H groups in total. The molecule has 0 radical (unpaired) electrons. The van der Waals surface area contributed by atoms with E-state index in [2.05, 4.69) is 16.0 Å². The van der Waals surface area contributed by atoms with Crippen LogP contribution in [-0.2, 0) is 4.74 Å². The molecule has 0 amide bonds. The number of piperidine rings is 1. The fourth-order valence-electron chi connectivity index (χ4n) is 2.91. The maximum Gasteiger partial charge on any atom is 0.103 e. The van der Waals surface area contributed by atoms with Crippen molar-refractivity contribution in [1.29, 1.82) is 5.26 Å². The first-order chi connectivity index (χ1) is 10.2. The molecule has 1 unspecified atom stereocenters. The lowest BCUT2D eigenvalue weighted by Gasteiger charge is -2.34. The molecule has 0 bridgehead atoms. The molecule has 1 atom stereocenters. The average molecular weight is 302 g/mol. The summed E-state index contributed by atoms with van der Waals surface area (Å²) in [4.78, 5) is 6.57. The Morgan fingerprint density at radius 3 is 3.10 bits per heavy atom. The smallest absolute Gasteiger partial charge is 0.103 e. The van der Waals surface area contributed by atoms with Gasteiger partial charge >= 0.3 is 0 Å². The maximum atomic E-state index is 9.42. The number of benzene rings is 1. The first kappa shape index (κ1) is 14.1. The normalized spacial score (nSPS) is 18.7. The van der Waals surface area contributed by atoms with Gasteiger partial charge < -0.3 is 9.64 Å². The Labute approximate surface area is 128 Å². The summed E-state index contributed by atoms with van der Waals surface area (Å²) >= 11 is 6.13. The molecule has 1 aliphatic rings. The van der Waals surface area contributed by atoms with Crippen molar-refractivity contribution in [1.82, 2.24) is 4.98 Å². The predicted molar refractivity (Wildman–Crippen MR) is 83.7 cm³/mol. The zero-order valence-corrected chi connectivity index (χ0v) is 12.6. The lowest BCUT2D eigenvalue weighted by molar-refractivity contribution is 0.0894. The Kier molecular flexibility index (Phi) is 3.96. The number of nitrogens with zero attached hydrogens (tertiary/aromatic N) is 3. The van der Waals surface area contributed by atoms with Crippen LogP contribution in [0.15, 0.2) is 24.4 Å². The van der Waals surface area contributed by atoms with Crippen LogP contribution >= 0.6 is 11.6 Å². The topological polar surface area (TPSA) is 49.1 Å². The largest absolute Gasteiger partial charge is 0.380 e. The van der Waals surface area contributed by atoms with Crippen molar-refractivity contribution in [3.63, 3.8) is 0 Å². The van der Waals surface area contributed by atoms with E-state index in [9.17, 15) is 5.26 Å². The molecule has 108 valence electrons. The number of pyridine rings is 1. The summed E-state index contributed by atoms with van der Waals surface area (Å²) in [6, 6.07) is 7.84. The van der Waals surface area contributed by atoms with Gasteiger partial charge in [-0.05, 0) is 31.0 Å². The first-order valence-electron chi connectivity index (χ1n) is 6.99. The third-order valence-electron chi connectivity index (χ3n) is 3.95. The van der Waals surface area contributed by atoms with Crippen LogP contribution in [-0.4, -0.2) is 31.3 Å². The Balaban J connectivity index is 2.15. The second-order valence-electron chi connectivity index (χ2n) is 5.24. The number of aromatic nitrogens is 1.